The summed E-state index contributed by atoms with van der Waals surface area (Å²) in [7, 11) is 0. The van der Waals surface area contributed by atoms with Crippen LogP contribution in [0.1, 0.15) is 0 Å². The first-order chi connectivity index (χ1) is 29.8. The number of aromatic nitrogens is 4. The topological polar surface area (TPSA) is 35.6 Å². The van der Waals surface area contributed by atoms with Gasteiger partial charge in [0.25, 0.3) is 0 Å². The molecule has 14 rings (SSSR count). The van der Waals surface area contributed by atoms with Gasteiger partial charge in [0, 0.05) is 69.1 Å². The second kappa shape index (κ2) is 12.1. The Hall–Kier alpha value is -7.38. The van der Waals surface area contributed by atoms with E-state index in [4.69, 9.17) is 9.97 Å². The van der Waals surface area contributed by atoms with Crippen LogP contribution in [0.5, 0.6) is 0 Å². The molecule has 4 nitrogen and oxygen atoms in total. The molecule has 0 saturated carbocycles. The van der Waals surface area contributed by atoms with Crippen molar-refractivity contribution >= 4 is 128 Å². The lowest BCUT2D eigenvalue weighted by atomic mass is 9.98. The van der Waals surface area contributed by atoms with Gasteiger partial charge in [-0.25, -0.2) is 9.97 Å². The van der Waals surface area contributed by atoms with Gasteiger partial charge in [0.1, 0.15) is 4.83 Å². The maximum absolute atomic E-state index is 5.80. The highest BCUT2D eigenvalue weighted by atomic mass is 32.1. The van der Waals surface area contributed by atoms with Gasteiger partial charge in [-0.05, 0) is 52.6 Å². The van der Waals surface area contributed by atoms with Gasteiger partial charge in [0.2, 0.25) is 5.95 Å². The average molecular weight is 799 g/mol. The molecule has 14 aromatic rings. The Bertz CT molecular complexity index is 4130. The monoisotopic (exact) mass is 798 g/mol. The van der Waals surface area contributed by atoms with Crippen molar-refractivity contribution in [3.05, 3.63) is 182 Å². The van der Waals surface area contributed by atoms with E-state index in [0.717, 1.165) is 43.7 Å². The van der Waals surface area contributed by atoms with Gasteiger partial charge in [-0.2, -0.15) is 0 Å². The van der Waals surface area contributed by atoms with Crippen molar-refractivity contribution in [2.24, 2.45) is 0 Å². The van der Waals surface area contributed by atoms with E-state index in [-0.39, 0.29) is 0 Å². The number of hydrogen-bond donors (Lipinski definition) is 0. The minimum atomic E-state index is 0.679. The molecule has 0 bridgehead atoms. The predicted octanol–water partition coefficient (Wildman–Crippen LogP) is 15.4. The summed E-state index contributed by atoms with van der Waals surface area (Å²) in [6.45, 7) is 0. The van der Waals surface area contributed by atoms with Crippen LogP contribution >= 0.6 is 22.7 Å². The molecule has 0 unspecified atom stereocenters. The molecule has 0 spiro atoms. The lowest BCUT2D eigenvalue weighted by Gasteiger charge is -2.13. The molecule has 6 heteroatoms. The summed E-state index contributed by atoms with van der Waals surface area (Å²) in [5.74, 6) is 0.679. The fraction of sp³-hybridized carbons (Fsp3) is 0. The van der Waals surface area contributed by atoms with E-state index in [1.165, 1.54) is 78.9 Å². The third-order valence-corrected chi connectivity index (χ3v) is 14.8. The SMILES string of the molecule is c1ccc(-n2c3ccccc3c3ccc(-c4nc(-n5c6c7ccccc7ccc6c6c7ccccc7c7c8ccccc8sc7c65)nc5sc6ccccc6c45)cc32)cc1. The zero-order valence-electron chi connectivity index (χ0n) is 31.9. The number of benzene rings is 9. The molecule has 0 aliphatic carbocycles. The van der Waals surface area contributed by atoms with Crippen molar-refractivity contribution in [2.45, 2.75) is 0 Å². The molecule has 0 radical (unpaired) electrons. The zero-order valence-corrected chi connectivity index (χ0v) is 33.6. The number of thiophene rings is 2. The average Bonchev–Trinajstić information content (AvgIpc) is 4.07. The third-order valence-electron chi connectivity index (χ3n) is 12.5. The van der Waals surface area contributed by atoms with Crippen LogP contribution in [0.15, 0.2) is 182 Å². The molecular weight excluding hydrogens is 769 g/mol. The summed E-state index contributed by atoms with van der Waals surface area (Å²) in [5, 5.41) is 14.6. The summed E-state index contributed by atoms with van der Waals surface area (Å²) >= 11 is 3.62. The van der Waals surface area contributed by atoms with E-state index in [0.29, 0.717) is 5.95 Å². The molecule has 0 aliphatic rings. The normalized spacial score (nSPS) is 12.3. The largest absolute Gasteiger partial charge is 0.309 e. The summed E-state index contributed by atoms with van der Waals surface area (Å²) in [4.78, 5) is 12.4. The van der Waals surface area contributed by atoms with Crippen LogP contribution < -0.4 is 0 Å². The fourth-order valence-corrected chi connectivity index (χ4v) is 12.4. The minimum Gasteiger partial charge on any atom is -0.309 e. The molecule has 278 valence electrons. The van der Waals surface area contributed by atoms with Gasteiger partial charge in [-0.1, -0.05) is 146 Å². The smallest absolute Gasteiger partial charge is 0.236 e. The first-order valence-electron chi connectivity index (χ1n) is 20.2. The van der Waals surface area contributed by atoms with Crippen molar-refractivity contribution in [3.8, 4) is 22.9 Å². The summed E-state index contributed by atoms with van der Waals surface area (Å²) in [6, 6.07) is 66.1. The van der Waals surface area contributed by atoms with Crippen LogP contribution in [-0.4, -0.2) is 19.1 Å². The molecule has 5 aromatic heterocycles. The Morgan fingerprint density at radius 1 is 0.383 bits per heavy atom. The fourth-order valence-electron chi connectivity index (χ4n) is 10.0. The predicted molar refractivity (Wildman–Crippen MR) is 257 cm³/mol. The Kier molecular flexibility index (Phi) is 6.56. The van der Waals surface area contributed by atoms with Crippen molar-refractivity contribution in [1.82, 2.24) is 19.1 Å². The number of para-hydroxylation sites is 2. The van der Waals surface area contributed by atoms with E-state index in [2.05, 4.69) is 191 Å². The lowest BCUT2D eigenvalue weighted by Crippen LogP contribution is -2.03. The number of hydrogen-bond acceptors (Lipinski definition) is 4. The Balaban J connectivity index is 1.18. The second-order valence-corrected chi connectivity index (χ2v) is 17.7. The molecule has 60 heavy (non-hydrogen) atoms. The maximum Gasteiger partial charge on any atom is 0.236 e. The Morgan fingerprint density at radius 2 is 1.00 bits per heavy atom. The first kappa shape index (κ1) is 32.6. The molecule has 0 fully saturated rings. The first-order valence-corrected chi connectivity index (χ1v) is 21.9. The van der Waals surface area contributed by atoms with Gasteiger partial charge in [-0.15, -0.1) is 22.7 Å². The van der Waals surface area contributed by atoms with Gasteiger partial charge < -0.3 is 4.57 Å². The van der Waals surface area contributed by atoms with E-state index < -0.39 is 0 Å². The van der Waals surface area contributed by atoms with Crippen molar-refractivity contribution in [2.75, 3.05) is 0 Å². The number of nitrogens with zero attached hydrogens (tertiary/aromatic N) is 4. The third kappa shape index (κ3) is 4.33. The molecular formula is C54H30N4S2. The minimum absolute atomic E-state index is 0.679. The Morgan fingerprint density at radius 3 is 1.82 bits per heavy atom. The molecule has 9 aromatic carbocycles. The second-order valence-electron chi connectivity index (χ2n) is 15.7. The summed E-state index contributed by atoms with van der Waals surface area (Å²) in [6.07, 6.45) is 0. The van der Waals surface area contributed by atoms with Gasteiger partial charge in [-0.3, -0.25) is 4.57 Å². The van der Waals surface area contributed by atoms with E-state index in [1.54, 1.807) is 11.3 Å². The quantitative estimate of drug-likeness (QED) is 0.178. The maximum atomic E-state index is 5.80. The standard InChI is InChI=1S/C54H30N4S2/c1-2-15-33(16-3-1)57-42-23-11-8-18-35(42)36-28-27-32(30-43(36)57)49-48-40-22-10-13-25-45(40)60-53(48)56-54(55-49)58-50-34-17-5-4-14-31(34)26-29-41(50)46-37-19-6-7-20-38(37)47-39-21-9-12-24-44(39)59-52(47)51(46)58/h1-30H. The van der Waals surface area contributed by atoms with Crippen molar-refractivity contribution in [3.63, 3.8) is 0 Å². The highest BCUT2D eigenvalue weighted by Gasteiger charge is 2.26. The van der Waals surface area contributed by atoms with Gasteiger partial charge >= 0.3 is 0 Å². The van der Waals surface area contributed by atoms with Crippen LogP contribution in [0.2, 0.25) is 0 Å². The van der Waals surface area contributed by atoms with E-state index in [9.17, 15) is 0 Å². The lowest BCUT2D eigenvalue weighted by molar-refractivity contribution is 1.02. The summed E-state index contributed by atoms with van der Waals surface area (Å²) < 4.78 is 8.52. The molecule has 0 saturated heterocycles. The molecule has 5 heterocycles. The van der Waals surface area contributed by atoms with E-state index in [1.807, 2.05) is 11.3 Å². The summed E-state index contributed by atoms with van der Waals surface area (Å²) in [5.41, 5.74) is 7.74. The van der Waals surface area contributed by atoms with Gasteiger partial charge in [0.15, 0.2) is 0 Å². The van der Waals surface area contributed by atoms with Crippen LogP contribution in [0.4, 0.5) is 0 Å². The van der Waals surface area contributed by atoms with Crippen molar-refractivity contribution < 1.29 is 0 Å². The van der Waals surface area contributed by atoms with Crippen LogP contribution in [0.3, 0.4) is 0 Å². The van der Waals surface area contributed by atoms with E-state index >= 15 is 0 Å². The Labute approximate surface area is 350 Å². The highest BCUT2D eigenvalue weighted by molar-refractivity contribution is 7.27. The zero-order chi connectivity index (χ0) is 39.1. The van der Waals surface area contributed by atoms with Crippen LogP contribution in [0.25, 0.3) is 129 Å². The number of fused-ring (bicyclic) bond motifs is 18. The molecule has 0 N–H and O–H groups in total. The van der Waals surface area contributed by atoms with Crippen LogP contribution in [-0.2, 0) is 0 Å². The molecule has 0 aliphatic heterocycles. The molecule has 0 atom stereocenters. The highest BCUT2D eigenvalue weighted by Crippen LogP contribution is 2.49. The van der Waals surface area contributed by atoms with Crippen LogP contribution in [0, 0.1) is 0 Å². The molecule has 0 amide bonds. The van der Waals surface area contributed by atoms with Gasteiger partial charge in [0.05, 0.1) is 32.5 Å². The number of rotatable bonds is 3. The van der Waals surface area contributed by atoms with Crippen molar-refractivity contribution in [1.29, 1.82) is 0 Å².